The number of hydrogen-bond acceptors (Lipinski definition) is 3. The maximum Gasteiger partial charge on any atom is 0.278 e. The van der Waals surface area contributed by atoms with E-state index in [0.29, 0.717) is 18.1 Å². The second-order valence-electron chi connectivity index (χ2n) is 5.33. The second-order valence-corrected chi connectivity index (χ2v) is 5.33. The number of nitrogens with two attached hydrogens (primary N) is 1. The predicted octanol–water partition coefficient (Wildman–Crippen LogP) is 2.25. The molecule has 2 heterocycles. The van der Waals surface area contributed by atoms with E-state index >= 15 is 0 Å². The molecule has 0 radical (unpaired) electrons. The second kappa shape index (κ2) is 4.67. The van der Waals surface area contributed by atoms with E-state index < -0.39 is 0 Å². The Morgan fingerprint density at radius 3 is 2.80 bits per heavy atom. The molecule has 1 aliphatic heterocycles. The third kappa shape index (κ3) is 1.95. The van der Waals surface area contributed by atoms with Crippen LogP contribution in [0.1, 0.15) is 35.9 Å². The van der Waals surface area contributed by atoms with Crippen molar-refractivity contribution in [2.75, 3.05) is 17.2 Å². The largest absolute Gasteiger partial charge is 0.384 e. The average Bonchev–Trinajstić information content (AvgIpc) is 3.01. The van der Waals surface area contributed by atoms with Gasteiger partial charge in [-0.1, -0.05) is 18.2 Å². The number of carbonyl (C=O) groups excluding carboxylic acids is 1. The third-order valence-corrected chi connectivity index (χ3v) is 3.61. The molecule has 0 aliphatic carbocycles. The Bertz CT molecular complexity index is 660. The molecule has 3 rings (SSSR count). The zero-order chi connectivity index (χ0) is 14.3. The summed E-state index contributed by atoms with van der Waals surface area (Å²) in [6.07, 6.45) is 0.891. The highest BCUT2D eigenvalue weighted by Crippen LogP contribution is 2.29. The van der Waals surface area contributed by atoms with Gasteiger partial charge in [0.2, 0.25) is 0 Å². The Hall–Kier alpha value is -2.30. The van der Waals surface area contributed by atoms with Gasteiger partial charge in [-0.05, 0) is 31.9 Å². The molecule has 5 nitrogen and oxygen atoms in total. The normalized spacial score (nSPS) is 13.8. The lowest BCUT2D eigenvalue weighted by Crippen LogP contribution is -2.29. The molecule has 0 bridgehead atoms. The molecule has 0 fully saturated rings. The highest BCUT2D eigenvalue weighted by molar-refractivity contribution is 6.06. The molecular weight excluding hydrogens is 252 g/mol. The summed E-state index contributed by atoms with van der Waals surface area (Å²) in [5.41, 5.74) is 8.50. The van der Waals surface area contributed by atoms with E-state index in [0.717, 1.165) is 12.1 Å². The van der Waals surface area contributed by atoms with Crippen LogP contribution < -0.4 is 10.6 Å². The number of carbonyl (C=O) groups is 1. The number of nitrogen functional groups attached to an aromatic ring is 1. The van der Waals surface area contributed by atoms with Crippen LogP contribution in [0.4, 0.5) is 11.5 Å². The van der Waals surface area contributed by atoms with Crippen molar-refractivity contribution in [2.24, 2.45) is 0 Å². The highest BCUT2D eigenvalue weighted by Gasteiger charge is 2.27. The van der Waals surface area contributed by atoms with Crippen molar-refractivity contribution in [1.29, 1.82) is 0 Å². The number of benzene rings is 1. The summed E-state index contributed by atoms with van der Waals surface area (Å²) in [7, 11) is 0. The van der Waals surface area contributed by atoms with Crippen LogP contribution in [-0.2, 0) is 6.42 Å². The van der Waals surface area contributed by atoms with Crippen molar-refractivity contribution in [2.45, 2.75) is 26.3 Å². The summed E-state index contributed by atoms with van der Waals surface area (Å²) >= 11 is 0. The van der Waals surface area contributed by atoms with Crippen molar-refractivity contribution in [1.82, 2.24) is 9.78 Å². The standard InChI is InChI=1S/C15H18N4O/c1-10(2)19-14(16)9-12(17-19)15(20)18-8-7-11-5-3-4-6-13(11)18/h3-6,9-10H,7-8,16H2,1-2H3. The van der Waals surface area contributed by atoms with Gasteiger partial charge in [-0.3, -0.25) is 4.79 Å². The fourth-order valence-corrected chi connectivity index (χ4v) is 2.61. The molecule has 0 saturated carbocycles. The molecule has 1 aromatic heterocycles. The van der Waals surface area contributed by atoms with Gasteiger partial charge in [-0.25, -0.2) is 4.68 Å². The van der Waals surface area contributed by atoms with Gasteiger partial charge in [-0.15, -0.1) is 0 Å². The van der Waals surface area contributed by atoms with Crippen LogP contribution in [0, 0.1) is 0 Å². The molecule has 0 spiro atoms. The number of fused-ring (bicyclic) bond motifs is 1. The minimum absolute atomic E-state index is 0.0824. The monoisotopic (exact) mass is 270 g/mol. The van der Waals surface area contributed by atoms with Crippen molar-refractivity contribution in [3.8, 4) is 0 Å². The Kier molecular flexibility index (Phi) is 2.97. The van der Waals surface area contributed by atoms with E-state index in [1.807, 2.05) is 32.0 Å². The van der Waals surface area contributed by atoms with Crippen LogP contribution in [0.2, 0.25) is 0 Å². The predicted molar refractivity (Wildman–Crippen MR) is 78.8 cm³/mol. The first-order chi connectivity index (χ1) is 9.58. The molecule has 0 unspecified atom stereocenters. The van der Waals surface area contributed by atoms with E-state index in [2.05, 4.69) is 11.2 Å². The van der Waals surface area contributed by atoms with Crippen LogP contribution in [0.3, 0.4) is 0 Å². The molecule has 1 amide bonds. The van der Waals surface area contributed by atoms with Crippen LogP contribution in [0.5, 0.6) is 0 Å². The Morgan fingerprint density at radius 1 is 1.35 bits per heavy atom. The third-order valence-electron chi connectivity index (χ3n) is 3.61. The summed E-state index contributed by atoms with van der Waals surface area (Å²) in [5.74, 6) is 0.442. The van der Waals surface area contributed by atoms with E-state index in [1.54, 1.807) is 15.6 Å². The Labute approximate surface area is 118 Å². The lowest BCUT2D eigenvalue weighted by atomic mass is 10.2. The number of rotatable bonds is 2. The van der Waals surface area contributed by atoms with Crippen molar-refractivity contribution in [3.63, 3.8) is 0 Å². The molecule has 1 aromatic carbocycles. The van der Waals surface area contributed by atoms with Gasteiger partial charge in [0.1, 0.15) is 5.82 Å². The van der Waals surface area contributed by atoms with Crippen LogP contribution in [-0.4, -0.2) is 22.2 Å². The maximum atomic E-state index is 12.6. The van der Waals surface area contributed by atoms with Gasteiger partial charge < -0.3 is 10.6 Å². The van der Waals surface area contributed by atoms with Crippen molar-refractivity contribution < 1.29 is 4.79 Å². The Morgan fingerprint density at radius 2 is 2.10 bits per heavy atom. The summed E-state index contributed by atoms with van der Waals surface area (Å²) < 4.78 is 1.68. The lowest BCUT2D eigenvalue weighted by Gasteiger charge is -2.15. The highest BCUT2D eigenvalue weighted by atomic mass is 16.2. The minimum atomic E-state index is -0.0824. The summed E-state index contributed by atoms with van der Waals surface area (Å²) in [6.45, 7) is 4.68. The van der Waals surface area contributed by atoms with E-state index in [9.17, 15) is 4.79 Å². The van der Waals surface area contributed by atoms with Gasteiger partial charge in [-0.2, -0.15) is 5.10 Å². The number of aromatic nitrogens is 2. The Balaban J connectivity index is 1.93. The van der Waals surface area contributed by atoms with Crippen LogP contribution >= 0.6 is 0 Å². The number of anilines is 2. The summed E-state index contributed by atoms with van der Waals surface area (Å²) in [4.78, 5) is 14.4. The van der Waals surface area contributed by atoms with Crippen LogP contribution in [0.15, 0.2) is 30.3 Å². The first-order valence-electron chi connectivity index (χ1n) is 6.82. The molecular formula is C15H18N4O. The van der Waals surface area contributed by atoms with Gasteiger partial charge in [0.15, 0.2) is 5.69 Å². The molecule has 0 saturated heterocycles. The van der Waals surface area contributed by atoms with Gasteiger partial charge in [0.25, 0.3) is 5.91 Å². The quantitative estimate of drug-likeness (QED) is 0.910. The molecule has 1 aliphatic rings. The number of hydrogen-bond donors (Lipinski definition) is 1. The molecule has 2 N–H and O–H groups in total. The SMILES string of the molecule is CC(C)n1nc(C(=O)N2CCc3ccccc32)cc1N. The number of amides is 1. The van der Waals surface area contributed by atoms with Crippen molar-refractivity contribution >= 4 is 17.4 Å². The number of para-hydroxylation sites is 1. The summed E-state index contributed by atoms with van der Waals surface area (Å²) in [5, 5.41) is 4.33. The van der Waals surface area contributed by atoms with Gasteiger partial charge in [0.05, 0.1) is 0 Å². The zero-order valence-corrected chi connectivity index (χ0v) is 11.7. The fraction of sp³-hybridized carbons (Fsp3) is 0.333. The first-order valence-corrected chi connectivity index (χ1v) is 6.82. The molecule has 104 valence electrons. The van der Waals surface area contributed by atoms with Crippen molar-refractivity contribution in [3.05, 3.63) is 41.6 Å². The van der Waals surface area contributed by atoms with E-state index in [1.165, 1.54) is 5.56 Å². The fourth-order valence-electron chi connectivity index (χ4n) is 2.61. The average molecular weight is 270 g/mol. The first kappa shape index (κ1) is 12.7. The van der Waals surface area contributed by atoms with Gasteiger partial charge >= 0.3 is 0 Å². The van der Waals surface area contributed by atoms with Crippen LogP contribution in [0.25, 0.3) is 0 Å². The minimum Gasteiger partial charge on any atom is -0.384 e. The zero-order valence-electron chi connectivity index (χ0n) is 11.7. The van der Waals surface area contributed by atoms with Gasteiger partial charge in [0, 0.05) is 24.3 Å². The van der Waals surface area contributed by atoms with E-state index in [-0.39, 0.29) is 11.9 Å². The topological polar surface area (TPSA) is 64.2 Å². The molecule has 0 atom stereocenters. The lowest BCUT2D eigenvalue weighted by molar-refractivity contribution is 0.0983. The number of nitrogens with zero attached hydrogens (tertiary/aromatic N) is 3. The molecule has 5 heteroatoms. The molecule has 2 aromatic rings. The van der Waals surface area contributed by atoms with E-state index in [4.69, 9.17) is 5.73 Å². The smallest absolute Gasteiger partial charge is 0.278 e. The maximum absolute atomic E-state index is 12.6. The molecule has 20 heavy (non-hydrogen) atoms. The summed E-state index contributed by atoms with van der Waals surface area (Å²) in [6, 6.07) is 9.78.